The van der Waals surface area contributed by atoms with E-state index in [2.05, 4.69) is 38.2 Å². The Labute approximate surface area is 139 Å². The van der Waals surface area contributed by atoms with E-state index in [0.29, 0.717) is 12.5 Å². The summed E-state index contributed by atoms with van der Waals surface area (Å²) in [6, 6.07) is 4.37. The minimum absolute atomic E-state index is 0.0299. The van der Waals surface area contributed by atoms with E-state index in [1.54, 1.807) is 6.08 Å². The number of aryl methyl sites for hydroxylation is 2. The van der Waals surface area contributed by atoms with Crippen molar-refractivity contribution in [1.29, 1.82) is 0 Å². The number of ether oxygens (including phenoxy) is 1. The molecule has 0 unspecified atom stereocenters. The molecule has 1 aliphatic heterocycles. The molecule has 1 heterocycles. The van der Waals surface area contributed by atoms with Crippen LogP contribution in [0.2, 0.25) is 0 Å². The highest BCUT2D eigenvalue weighted by atomic mass is 16.5. The Balaban J connectivity index is 2.17. The van der Waals surface area contributed by atoms with Gasteiger partial charge in [0.15, 0.2) is 0 Å². The van der Waals surface area contributed by atoms with E-state index >= 15 is 0 Å². The lowest BCUT2D eigenvalue weighted by Gasteiger charge is -2.49. The average molecular weight is 313 g/mol. The van der Waals surface area contributed by atoms with Gasteiger partial charge in [-0.15, -0.1) is 0 Å². The summed E-state index contributed by atoms with van der Waals surface area (Å²) in [5, 5.41) is 3.71. The Morgan fingerprint density at radius 1 is 1.35 bits per heavy atom. The van der Waals surface area contributed by atoms with Crippen molar-refractivity contribution in [3.8, 4) is 0 Å². The fourth-order valence-corrected chi connectivity index (χ4v) is 4.37. The number of carbonyl (C=O) groups excluding carboxylic acids is 1. The van der Waals surface area contributed by atoms with Crippen LogP contribution in [0.25, 0.3) is 5.70 Å². The van der Waals surface area contributed by atoms with Gasteiger partial charge < -0.3 is 10.1 Å². The Hall–Kier alpha value is -1.77. The fourth-order valence-electron chi connectivity index (χ4n) is 4.37. The second-order valence-electron chi connectivity index (χ2n) is 7.14. The molecule has 2 atom stereocenters. The SMILES string of the molecule is CCOC(=O)/C=C1\N[C@@]2(C)CCCC[C@@H]2c2c(C)ccc(C)c21. The lowest BCUT2D eigenvalue weighted by atomic mass is 9.65. The standard InChI is InChI=1S/C20H27NO2/c1-5-23-17(22)12-16-19-14(3)10-9-13(2)18(19)15-8-6-7-11-20(15,4)21-16/h9-10,12,15,21H,5-8,11H2,1-4H3/b16-12-/t15-,20+/m1/s1. The van der Waals surface area contributed by atoms with Gasteiger partial charge in [-0.25, -0.2) is 4.79 Å². The summed E-state index contributed by atoms with van der Waals surface area (Å²) >= 11 is 0. The Morgan fingerprint density at radius 3 is 2.83 bits per heavy atom. The van der Waals surface area contributed by atoms with Gasteiger partial charge in [-0.05, 0) is 57.2 Å². The van der Waals surface area contributed by atoms with Gasteiger partial charge in [0.2, 0.25) is 0 Å². The number of nitrogens with one attached hydrogen (secondary N) is 1. The summed E-state index contributed by atoms with van der Waals surface area (Å²) in [6.45, 7) is 8.88. The van der Waals surface area contributed by atoms with E-state index < -0.39 is 0 Å². The molecule has 3 nitrogen and oxygen atoms in total. The molecule has 0 bridgehead atoms. The molecule has 1 aromatic carbocycles. The van der Waals surface area contributed by atoms with E-state index in [4.69, 9.17) is 4.74 Å². The van der Waals surface area contributed by atoms with Crippen LogP contribution in [0.15, 0.2) is 18.2 Å². The van der Waals surface area contributed by atoms with Crippen LogP contribution in [-0.4, -0.2) is 18.1 Å². The number of hydrogen-bond acceptors (Lipinski definition) is 3. The second kappa shape index (κ2) is 6.03. The average Bonchev–Trinajstić information content (AvgIpc) is 2.49. The monoisotopic (exact) mass is 313 g/mol. The van der Waals surface area contributed by atoms with Gasteiger partial charge in [-0.2, -0.15) is 0 Å². The molecule has 0 spiro atoms. The van der Waals surface area contributed by atoms with E-state index in [0.717, 1.165) is 12.1 Å². The topological polar surface area (TPSA) is 38.3 Å². The van der Waals surface area contributed by atoms with Crippen molar-refractivity contribution >= 4 is 11.7 Å². The zero-order valence-corrected chi connectivity index (χ0v) is 14.7. The van der Waals surface area contributed by atoms with Crippen molar-refractivity contribution in [1.82, 2.24) is 5.32 Å². The number of carbonyl (C=O) groups is 1. The molecule has 0 aromatic heterocycles. The lowest BCUT2D eigenvalue weighted by Crippen LogP contribution is -2.52. The van der Waals surface area contributed by atoms with Crippen LogP contribution in [0.5, 0.6) is 0 Å². The number of esters is 1. The molecule has 3 heteroatoms. The van der Waals surface area contributed by atoms with E-state index in [1.165, 1.54) is 41.5 Å². The molecule has 0 radical (unpaired) electrons. The number of fused-ring (bicyclic) bond motifs is 3. The van der Waals surface area contributed by atoms with Gasteiger partial charge >= 0.3 is 5.97 Å². The quantitative estimate of drug-likeness (QED) is 0.656. The van der Waals surface area contributed by atoms with Crippen LogP contribution < -0.4 is 5.32 Å². The zero-order valence-electron chi connectivity index (χ0n) is 14.7. The highest BCUT2D eigenvalue weighted by molar-refractivity contribution is 5.93. The van der Waals surface area contributed by atoms with E-state index in [-0.39, 0.29) is 11.5 Å². The minimum atomic E-state index is -0.264. The van der Waals surface area contributed by atoms with Crippen LogP contribution >= 0.6 is 0 Å². The molecule has 1 N–H and O–H groups in total. The third-order valence-electron chi connectivity index (χ3n) is 5.47. The summed E-state index contributed by atoms with van der Waals surface area (Å²) < 4.78 is 5.14. The van der Waals surface area contributed by atoms with Crippen LogP contribution in [0.4, 0.5) is 0 Å². The molecule has 1 saturated carbocycles. The molecule has 1 fully saturated rings. The molecule has 2 aliphatic rings. The third kappa shape index (κ3) is 2.77. The van der Waals surface area contributed by atoms with Gasteiger partial charge in [0.25, 0.3) is 0 Å². The highest BCUT2D eigenvalue weighted by Crippen LogP contribution is 2.49. The summed E-state index contributed by atoms with van der Waals surface area (Å²) in [6.07, 6.45) is 6.53. The first kappa shape index (κ1) is 16.1. The molecule has 0 amide bonds. The summed E-state index contributed by atoms with van der Waals surface area (Å²) in [4.78, 5) is 12.0. The van der Waals surface area contributed by atoms with E-state index in [9.17, 15) is 4.79 Å². The van der Waals surface area contributed by atoms with E-state index in [1.807, 2.05) is 6.92 Å². The maximum Gasteiger partial charge on any atom is 0.332 e. The van der Waals surface area contributed by atoms with Gasteiger partial charge in [-0.3, -0.25) is 0 Å². The predicted molar refractivity (Wildman–Crippen MR) is 93.3 cm³/mol. The maximum atomic E-state index is 12.0. The van der Waals surface area contributed by atoms with Crippen molar-refractivity contribution < 1.29 is 9.53 Å². The highest BCUT2D eigenvalue weighted by Gasteiger charge is 2.43. The second-order valence-corrected chi connectivity index (χ2v) is 7.14. The minimum Gasteiger partial charge on any atom is -0.463 e. The molecule has 0 saturated heterocycles. The summed E-state index contributed by atoms with van der Waals surface area (Å²) in [7, 11) is 0. The number of rotatable bonds is 2. The lowest BCUT2D eigenvalue weighted by molar-refractivity contribution is -0.137. The van der Waals surface area contributed by atoms with Crippen molar-refractivity contribution in [2.75, 3.05) is 6.61 Å². The molecule has 124 valence electrons. The van der Waals surface area contributed by atoms with Gasteiger partial charge in [0.1, 0.15) is 0 Å². The number of hydrogen-bond donors (Lipinski definition) is 1. The summed E-state index contributed by atoms with van der Waals surface area (Å²) in [5.41, 5.74) is 6.16. The van der Waals surface area contributed by atoms with Crippen LogP contribution in [-0.2, 0) is 9.53 Å². The number of benzene rings is 1. The maximum absolute atomic E-state index is 12.0. The normalized spacial score (nSPS) is 27.8. The largest absolute Gasteiger partial charge is 0.463 e. The van der Waals surface area contributed by atoms with Crippen molar-refractivity contribution in [2.45, 2.75) is 64.8 Å². The fraction of sp³-hybridized carbons (Fsp3) is 0.550. The predicted octanol–water partition coefficient (Wildman–Crippen LogP) is 4.23. The molecule has 1 aromatic rings. The smallest absolute Gasteiger partial charge is 0.332 e. The Morgan fingerprint density at radius 2 is 2.09 bits per heavy atom. The van der Waals surface area contributed by atoms with Crippen LogP contribution in [0.3, 0.4) is 0 Å². The van der Waals surface area contributed by atoms with Crippen LogP contribution in [0.1, 0.15) is 67.7 Å². The first-order chi connectivity index (χ1) is 11.0. The van der Waals surface area contributed by atoms with Gasteiger partial charge in [0, 0.05) is 28.8 Å². The molecule has 23 heavy (non-hydrogen) atoms. The summed E-state index contributed by atoms with van der Waals surface area (Å²) in [5.74, 6) is 0.255. The molecular weight excluding hydrogens is 286 g/mol. The van der Waals surface area contributed by atoms with Gasteiger partial charge in [0.05, 0.1) is 6.61 Å². The van der Waals surface area contributed by atoms with Crippen molar-refractivity contribution in [2.24, 2.45) is 0 Å². The molecular formula is C20H27NO2. The Kier molecular flexibility index (Phi) is 4.22. The first-order valence-corrected chi connectivity index (χ1v) is 8.73. The molecule has 3 rings (SSSR count). The first-order valence-electron chi connectivity index (χ1n) is 8.73. The van der Waals surface area contributed by atoms with Gasteiger partial charge in [-0.1, -0.05) is 25.0 Å². The zero-order chi connectivity index (χ0) is 16.6. The molecule has 1 aliphatic carbocycles. The van der Waals surface area contributed by atoms with Crippen molar-refractivity contribution in [3.05, 3.63) is 40.5 Å². The van der Waals surface area contributed by atoms with Crippen LogP contribution in [0, 0.1) is 13.8 Å². The third-order valence-corrected chi connectivity index (χ3v) is 5.47. The van der Waals surface area contributed by atoms with Crippen molar-refractivity contribution in [3.63, 3.8) is 0 Å². The Bertz CT molecular complexity index is 662.